The first kappa shape index (κ1) is 9.93. The molecule has 0 radical (unpaired) electrons. The minimum absolute atomic E-state index is 0.195. The molecule has 0 saturated carbocycles. The topological polar surface area (TPSA) is 44.4 Å². The highest BCUT2D eigenvalue weighted by Gasteiger charge is 2.44. The molecular weight excluding hydrogens is 178 g/mol. The Morgan fingerprint density at radius 2 is 2.00 bits per heavy atom. The minimum atomic E-state index is -0.245. The van der Waals surface area contributed by atoms with Crippen LogP contribution >= 0.6 is 0 Å². The molecule has 2 saturated heterocycles. The summed E-state index contributed by atoms with van der Waals surface area (Å²) in [5.41, 5.74) is -0.245. The molecule has 0 aromatic rings. The third-order valence-corrected chi connectivity index (χ3v) is 3.49. The highest BCUT2D eigenvalue weighted by molar-refractivity contribution is 5.88. The van der Waals surface area contributed by atoms with Gasteiger partial charge in [-0.15, -0.1) is 0 Å². The highest BCUT2D eigenvalue weighted by atomic mass is 16.2. The Hall–Kier alpha value is -0.610. The first-order valence-electron chi connectivity index (χ1n) is 5.41. The quantitative estimate of drug-likeness (QED) is 0.617. The third kappa shape index (κ3) is 1.53. The molecule has 14 heavy (non-hydrogen) atoms. The molecule has 2 aliphatic rings. The van der Waals surface area contributed by atoms with E-state index in [-0.39, 0.29) is 11.4 Å². The van der Waals surface area contributed by atoms with Gasteiger partial charge in [-0.3, -0.25) is 10.1 Å². The number of piperidine rings is 1. The second kappa shape index (κ2) is 3.51. The van der Waals surface area contributed by atoms with Gasteiger partial charge in [-0.2, -0.15) is 0 Å². The SMILES string of the molecule is CC(C)N1CCC2(CC1)NCNC2=O. The number of carbonyl (C=O) groups excluding carboxylic acids is 1. The van der Waals surface area contributed by atoms with E-state index < -0.39 is 0 Å². The van der Waals surface area contributed by atoms with E-state index in [9.17, 15) is 4.79 Å². The van der Waals surface area contributed by atoms with Crippen LogP contribution in [0.4, 0.5) is 0 Å². The van der Waals surface area contributed by atoms with Crippen LogP contribution in [-0.2, 0) is 4.79 Å². The molecule has 0 aromatic heterocycles. The van der Waals surface area contributed by atoms with Gasteiger partial charge in [-0.25, -0.2) is 0 Å². The molecule has 2 heterocycles. The van der Waals surface area contributed by atoms with Crippen molar-refractivity contribution in [1.82, 2.24) is 15.5 Å². The monoisotopic (exact) mass is 197 g/mol. The molecule has 80 valence electrons. The number of nitrogens with zero attached hydrogens (tertiary/aromatic N) is 1. The van der Waals surface area contributed by atoms with Crippen LogP contribution in [0.25, 0.3) is 0 Å². The van der Waals surface area contributed by atoms with Gasteiger partial charge in [0.15, 0.2) is 0 Å². The predicted molar refractivity (Wildman–Crippen MR) is 54.8 cm³/mol. The molecule has 4 nitrogen and oxygen atoms in total. The molecule has 2 aliphatic heterocycles. The lowest BCUT2D eigenvalue weighted by atomic mass is 9.87. The first-order chi connectivity index (χ1) is 6.64. The molecule has 1 amide bonds. The van der Waals surface area contributed by atoms with Crippen molar-refractivity contribution >= 4 is 5.91 Å². The molecule has 0 atom stereocenters. The van der Waals surface area contributed by atoms with E-state index in [1.165, 1.54) is 0 Å². The Labute approximate surface area is 85.0 Å². The zero-order valence-corrected chi connectivity index (χ0v) is 8.97. The number of amides is 1. The van der Waals surface area contributed by atoms with Crippen molar-refractivity contribution in [3.8, 4) is 0 Å². The van der Waals surface area contributed by atoms with Crippen LogP contribution in [-0.4, -0.2) is 42.1 Å². The highest BCUT2D eigenvalue weighted by Crippen LogP contribution is 2.25. The van der Waals surface area contributed by atoms with Crippen molar-refractivity contribution in [2.75, 3.05) is 19.8 Å². The Morgan fingerprint density at radius 1 is 1.36 bits per heavy atom. The van der Waals surface area contributed by atoms with Crippen LogP contribution in [0.5, 0.6) is 0 Å². The lowest BCUT2D eigenvalue weighted by Gasteiger charge is -2.39. The fourth-order valence-electron chi connectivity index (χ4n) is 2.37. The molecule has 2 fully saturated rings. The maximum atomic E-state index is 11.6. The minimum Gasteiger partial charge on any atom is -0.342 e. The van der Waals surface area contributed by atoms with Crippen LogP contribution in [0.2, 0.25) is 0 Å². The summed E-state index contributed by atoms with van der Waals surface area (Å²) < 4.78 is 0. The van der Waals surface area contributed by atoms with E-state index in [1.807, 2.05) is 0 Å². The Morgan fingerprint density at radius 3 is 2.43 bits per heavy atom. The summed E-state index contributed by atoms with van der Waals surface area (Å²) in [6.45, 7) is 7.11. The average molecular weight is 197 g/mol. The van der Waals surface area contributed by atoms with Crippen molar-refractivity contribution in [2.24, 2.45) is 0 Å². The van der Waals surface area contributed by atoms with Gasteiger partial charge in [-0.05, 0) is 26.7 Å². The van der Waals surface area contributed by atoms with Gasteiger partial charge in [-0.1, -0.05) is 0 Å². The fraction of sp³-hybridized carbons (Fsp3) is 0.900. The average Bonchev–Trinajstić information content (AvgIpc) is 2.49. The normalized spacial score (nSPS) is 27.2. The molecule has 1 spiro atoms. The summed E-state index contributed by atoms with van der Waals surface area (Å²) in [5.74, 6) is 0.195. The summed E-state index contributed by atoms with van der Waals surface area (Å²) >= 11 is 0. The van der Waals surface area contributed by atoms with Gasteiger partial charge in [0.05, 0.1) is 6.67 Å². The Bertz CT molecular complexity index is 232. The molecule has 0 aromatic carbocycles. The van der Waals surface area contributed by atoms with Gasteiger partial charge < -0.3 is 10.2 Å². The number of carbonyl (C=O) groups is 1. The van der Waals surface area contributed by atoms with E-state index in [0.29, 0.717) is 12.7 Å². The molecular formula is C10H19N3O. The summed E-state index contributed by atoms with van der Waals surface area (Å²) in [6.07, 6.45) is 1.88. The fourth-order valence-corrected chi connectivity index (χ4v) is 2.37. The smallest absolute Gasteiger partial charge is 0.241 e. The lowest BCUT2D eigenvalue weighted by Crippen LogP contribution is -2.55. The molecule has 0 unspecified atom stereocenters. The van der Waals surface area contributed by atoms with Crippen LogP contribution in [0, 0.1) is 0 Å². The third-order valence-electron chi connectivity index (χ3n) is 3.49. The van der Waals surface area contributed by atoms with Crippen LogP contribution in [0.1, 0.15) is 26.7 Å². The zero-order valence-electron chi connectivity index (χ0n) is 8.97. The van der Waals surface area contributed by atoms with Crippen LogP contribution in [0.15, 0.2) is 0 Å². The second-order valence-electron chi connectivity index (χ2n) is 4.57. The zero-order chi connectivity index (χ0) is 10.2. The predicted octanol–water partition coefficient (Wildman–Crippen LogP) is -0.0937. The van der Waals surface area contributed by atoms with Gasteiger partial charge in [0, 0.05) is 19.1 Å². The van der Waals surface area contributed by atoms with Crippen molar-refractivity contribution in [3.05, 3.63) is 0 Å². The van der Waals surface area contributed by atoms with E-state index in [1.54, 1.807) is 0 Å². The maximum absolute atomic E-state index is 11.6. The largest absolute Gasteiger partial charge is 0.342 e. The first-order valence-corrected chi connectivity index (χ1v) is 5.41. The van der Waals surface area contributed by atoms with E-state index in [4.69, 9.17) is 0 Å². The molecule has 4 heteroatoms. The Kier molecular flexibility index (Phi) is 2.49. The standard InChI is InChI=1S/C10H19N3O/c1-8(2)13-5-3-10(4-6-13)9(14)11-7-12-10/h8,12H,3-7H2,1-2H3,(H,11,14). The summed E-state index contributed by atoms with van der Waals surface area (Å²) in [7, 11) is 0. The van der Waals surface area contributed by atoms with Crippen molar-refractivity contribution in [1.29, 1.82) is 0 Å². The van der Waals surface area contributed by atoms with Gasteiger partial charge in [0.2, 0.25) is 5.91 Å². The molecule has 2 rings (SSSR count). The van der Waals surface area contributed by atoms with Gasteiger partial charge >= 0.3 is 0 Å². The van der Waals surface area contributed by atoms with Crippen molar-refractivity contribution < 1.29 is 4.79 Å². The summed E-state index contributed by atoms with van der Waals surface area (Å²) in [6, 6.07) is 0.594. The number of rotatable bonds is 1. The number of hydrogen-bond acceptors (Lipinski definition) is 3. The molecule has 0 bridgehead atoms. The van der Waals surface area contributed by atoms with Gasteiger partial charge in [0.25, 0.3) is 0 Å². The number of likely N-dealkylation sites (tertiary alicyclic amines) is 1. The van der Waals surface area contributed by atoms with E-state index in [0.717, 1.165) is 25.9 Å². The van der Waals surface area contributed by atoms with Crippen LogP contribution in [0.3, 0.4) is 0 Å². The maximum Gasteiger partial charge on any atom is 0.241 e. The van der Waals surface area contributed by atoms with Crippen molar-refractivity contribution in [3.63, 3.8) is 0 Å². The van der Waals surface area contributed by atoms with Gasteiger partial charge in [0.1, 0.15) is 5.54 Å². The summed E-state index contributed by atoms with van der Waals surface area (Å²) in [5, 5.41) is 6.15. The molecule has 2 N–H and O–H groups in total. The van der Waals surface area contributed by atoms with E-state index in [2.05, 4.69) is 29.4 Å². The second-order valence-corrected chi connectivity index (χ2v) is 4.57. The lowest BCUT2D eigenvalue weighted by molar-refractivity contribution is -0.125. The van der Waals surface area contributed by atoms with Crippen molar-refractivity contribution in [2.45, 2.75) is 38.3 Å². The Balaban J connectivity index is 1.98. The molecule has 0 aliphatic carbocycles. The number of hydrogen-bond donors (Lipinski definition) is 2. The van der Waals surface area contributed by atoms with E-state index >= 15 is 0 Å². The van der Waals surface area contributed by atoms with Crippen LogP contribution < -0.4 is 10.6 Å². The summed E-state index contributed by atoms with van der Waals surface area (Å²) in [4.78, 5) is 14.1. The number of nitrogens with one attached hydrogen (secondary N) is 2.